The van der Waals surface area contributed by atoms with E-state index in [1.807, 2.05) is 18.2 Å². The molecule has 0 spiro atoms. The lowest BCUT2D eigenvalue weighted by molar-refractivity contribution is -0.139. The SMILES string of the molecule is COc1ccc(CNC2(CC(=O)O)CNC2)cc1OC. The maximum absolute atomic E-state index is 10.9. The fourth-order valence-corrected chi connectivity index (χ4v) is 2.31. The minimum absolute atomic E-state index is 0.118. The van der Waals surface area contributed by atoms with Gasteiger partial charge < -0.3 is 25.2 Å². The summed E-state index contributed by atoms with van der Waals surface area (Å²) in [6.07, 6.45) is 0.118. The predicted molar refractivity (Wildman–Crippen MR) is 74.2 cm³/mol. The highest BCUT2D eigenvalue weighted by molar-refractivity contribution is 5.68. The Morgan fingerprint density at radius 3 is 2.55 bits per heavy atom. The van der Waals surface area contributed by atoms with Crippen molar-refractivity contribution in [3.63, 3.8) is 0 Å². The molecule has 6 heteroatoms. The third-order valence-electron chi connectivity index (χ3n) is 3.53. The molecular weight excluding hydrogens is 260 g/mol. The van der Waals surface area contributed by atoms with E-state index in [-0.39, 0.29) is 12.0 Å². The Kier molecular flexibility index (Phi) is 4.46. The molecule has 1 saturated heterocycles. The lowest BCUT2D eigenvalue weighted by atomic mass is 9.88. The van der Waals surface area contributed by atoms with Crippen molar-refractivity contribution in [2.45, 2.75) is 18.5 Å². The fraction of sp³-hybridized carbons (Fsp3) is 0.500. The smallest absolute Gasteiger partial charge is 0.305 e. The van der Waals surface area contributed by atoms with E-state index in [0.29, 0.717) is 31.1 Å². The Morgan fingerprint density at radius 2 is 2.05 bits per heavy atom. The second kappa shape index (κ2) is 6.11. The van der Waals surface area contributed by atoms with Crippen LogP contribution in [0.15, 0.2) is 18.2 Å². The summed E-state index contributed by atoms with van der Waals surface area (Å²) in [7, 11) is 3.19. The molecular formula is C14H20N2O4. The van der Waals surface area contributed by atoms with Gasteiger partial charge in [0.1, 0.15) is 0 Å². The summed E-state index contributed by atoms with van der Waals surface area (Å²) in [5, 5.41) is 15.4. The van der Waals surface area contributed by atoms with Crippen LogP contribution < -0.4 is 20.1 Å². The van der Waals surface area contributed by atoms with Crippen LogP contribution in [0.25, 0.3) is 0 Å². The molecule has 1 aliphatic rings. The van der Waals surface area contributed by atoms with Gasteiger partial charge in [0, 0.05) is 19.6 Å². The van der Waals surface area contributed by atoms with Crippen molar-refractivity contribution in [2.24, 2.45) is 0 Å². The summed E-state index contributed by atoms with van der Waals surface area (Å²) >= 11 is 0. The second-order valence-corrected chi connectivity index (χ2v) is 5.00. The third kappa shape index (κ3) is 3.20. The van der Waals surface area contributed by atoms with Gasteiger partial charge in [0.15, 0.2) is 11.5 Å². The fourth-order valence-electron chi connectivity index (χ4n) is 2.31. The van der Waals surface area contributed by atoms with Crippen LogP contribution in [0.1, 0.15) is 12.0 Å². The zero-order chi connectivity index (χ0) is 14.6. The van der Waals surface area contributed by atoms with Crippen molar-refractivity contribution >= 4 is 5.97 Å². The summed E-state index contributed by atoms with van der Waals surface area (Å²) < 4.78 is 10.4. The number of hydrogen-bond donors (Lipinski definition) is 3. The number of ether oxygens (including phenoxy) is 2. The van der Waals surface area contributed by atoms with Crippen molar-refractivity contribution in [3.8, 4) is 11.5 Å². The van der Waals surface area contributed by atoms with E-state index in [4.69, 9.17) is 14.6 Å². The van der Waals surface area contributed by atoms with E-state index in [2.05, 4.69) is 10.6 Å². The zero-order valence-corrected chi connectivity index (χ0v) is 11.7. The number of hydrogen-bond acceptors (Lipinski definition) is 5. The molecule has 1 fully saturated rings. The predicted octanol–water partition coefficient (Wildman–Crippen LogP) is 0.610. The first-order valence-corrected chi connectivity index (χ1v) is 6.47. The summed E-state index contributed by atoms with van der Waals surface area (Å²) in [5.41, 5.74) is 0.679. The maximum atomic E-state index is 10.9. The molecule has 0 radical (unpaired) electrons. The first-order chi connectivity index (χ1) is 9.58. The maximum Gasteiger partial charge on any atom is 0.305 e. The molecule has 0 aromatic heterocycles. The Morgan fingerprint density at radius 1 is 1.35 bits per heavy atom. The molecule has 1 aromatic rings. The molecule has 0 atom stereocenters. The number of carbonyl (C=O) groups is 1. The van der Waals surface area contributed by atoms with Crippen LogP contribution >= 0.6 is 0 Å². The number of nitrogens with one attached hydrogen (secondary N) is 2. The van der Waals surface area contributed by atoms with Crippen LogP contribution in [-0.4, -0.2) is 43.9 Å². The number of methoxy groups -OCH3 is 2. The van der Waals surface area contributed by atoms with Gasteiger partial charge in [-0.15, -0.1) is 0 Å². The van der Waals surface area contributed by atoms with Crippen LogP contribution in [0.3, 0.4) is 0 Å². The van der Waals surface area contributed by atoms with E-state index >= 15 is 0 Å². The Hall–Kier alpha value is -1.79. The molecule has 0 amide bonds. The molecule has 1 heterocycles. The molecule has 110 valence electrons. The average molecular weight is 280 g/mol. The largest absolute Gasteiger partial charge is 0.493 e. The second-order valence-electron chi connectivity index (χ2n) is 5.00. The topological polar surface area (TPSA) is 79.8 Å². The lowest BCUT2D eigenvalue weighted by Crippen LogP contribution is -2.68. The highest BCUT2D eigenvalue weighted by Crippen LogP contribution is 2.28. The first-order valence-electron chi connectivity index (χ1n) is 6.47. The van der Waals surface area contributed by atoms with Gasteiger partial charge in [-0.1, -0.05) is 6.07 Å². The molecule has 20 heavy (non-hydrogen) atoms. The van der Waals surface area contributed by atoms with Gasteiger partial charge in [0.25, 0.3) is 0 Å². The van der Waals surface area contributed by atoms with Crippen LogP contribution in [0.4, 0.5) is 0 Å². The van der Waals surface area contributed by atoms with E-state index < -0.39 is 5.97 Å². The van der Waals surface area contributed by atoms with Crippen molar-refractivity contribution in [2.75, 3.05) is 27.3 Å². The van der Waals surface area contributed by atoms with Crippen molar-refractivity contribution in [1.82, 2.24) is 10.6 Å². The summed E-state index contributed by atoms with van der Waals surface area (Å²) in [5.74, 6) is 0.568. The van der Waals surface area contributed by atoms with Gasteiger partial charge in [-0.25, -0.2) is 0 Å². The molecule has 6 nitrogen and oxygen atoms in total. The summed E-state index contributed by atoms with van der Waals surface area (Å²) in [6.45, 7) is 1.94. The minimum atomic E-state index is -0.786. The normalized spacial score (nSPS) is 16.3. The molecule has 2 rings (SSSR count). The monoisotopic (exact) mass is 280 g/mol. The summed E-state index contributed by atoms with van der Waals surface area (Å²) in [4.78, 5) is 10.9. The molecule has 1 aliphatic heterocycles. The van der Waals surface area contributed by atoms with Crippen molar-refractivity contribution in [3.05, 3.63) is 23.8 Å². The van der Waals surface area contributed by atoms with Gasteiger partial charge in [0.2, 0.25) is 0 Å². The van der Waals surface area contributed by atoms with E-state index in [0.717, 1.165) is 5.56 Å². The number of aliphatic carboxylic acids is 1. The zero-order valence-electron chi connectivity index (χ0n) is 11.7. The van der Waals surface area contributed by atoms with Crippen LogP contribution in [-0.2, 0) is 11.3 Å². The first kappa shape index (κ1) is 14.6. The average Bonchev–Trinajstić information content (AvgIpc) is 2.40. The summed E-state index contributed by atoms with van der Waals surface area (Å²) in [6, 6.07) is 5.68. The minimum Gasteiger partial charge on any atom is -0.493 e. The van der Waals surface area contributed by atoms with Gasteiger partial charge in [-0.05, 0) is 17.7 Å². The lowest BCUT2D eigenvalue weighted by Gasteiger charge is -2.42. The molecule has 3 N–H and O–H groups in total. The highest BCUT2D eigenvalue weighted by atomic mass is 16.5. The molecule has 1 aromatic carbocycles. The highest BCUT2D eigenvalue weighted by Gasteiger charge is 2.38. The van der Waals surface area contributed by atoms with Crippen LogP contribution in [0, 0.1) is 0 Å². The molecule has 0 aliphatic carbocycles. The number of carboxylic acid groups (broad SMARTS) is 1. The van der Waals surface area contributed by atoms with E-state index in [1.165, 1.54) is 0 Å². The molecule has 0 bridgehead atoms. The van der Waals surface area contributed by atoms with Gasteiger partial charge in [-0.2, -0.15) is 0 Å². The van der Waals surface area contributed by atoms with Crippen molar-refractivity contribution in [1.29, 1.82) is 0 Å². The van der Waals surface area contributed by atoms with E-state index in [1.54, 1.807) is 14.2 Å². The quantitative estimate of drug-likeness (QED) is 0.679. The standard InChI is InChI=1S/C14H20N2O4/c1-19-11-4-3-10(5-12(11)20-2)7-16-14(6-13(17)18)8-15-9-14/h3-5,15-16H,6-9H2,1-2H3,(H,17,18). The van der Waals surface area contributed by atoms with Gasteiger partial charge in [0.05, 0.1) is 26.2 Å². The van der Waals surface area contributed by atoms with Crippen LogP contribution in [0.2, 0.25) is 0 Å². The van der Waals surface area contributed by atoms with Crippen molar-refractivity contribution < 1.29 is 19.4 Å². The van der Waals surface area contributed by atoms with E-state index in [9.17, 15) is 4.79 Å². The molecule has 0 unspecified atom stereocenters. The Balaban J connectivity index is 2.01. The van der Waals surface area contributed by atoms with Crippen LogP contribution in [0.5, 0.6) is 11.5 Å². The number of rotatable bonds is 7. The Bertz CT molecular complexity index is 486. The molecule has 0 saturated carbocycles. The number of carboxylic acids is 1. The Labute approximate surface area is 118 Å². The van der Waals surface area contributed by atoms with Gasteiger partial charge >= 0.3 is 5.97 Å². The third-order valence-corrected chi connectivity index (χ3v) is 3.53. The number of benzene rings is 1. The van der Waals surface area contributed by atoms with Gasteiger partial charge in [-0.3, -0.25) is 4.79 Å².